The highest BCUT2D eigenvalue weighted by atomic mass is 16.1. The molecule has 6 rings (SSSR count). The monoisotopic (exact) mass is 509 g/mol. The summed E-state index contributed by atoms with van der Waals surface area (Å²) < 4.78 is 0. The van der Waals surface area contributed by atoms with Gasteiger partial charge in [-0.3, -0.25) is 4.79 Å². The summed E-state index contributed by atoms with van der Waals surface area (Å²) in [6.07, 6.45) is 6.68. The van der Waals surface area contributed by atoms with E-state index in [9.17, 15) is 4.79 Å². The molecule has 0 amide bonds. The Morgan fingerprint density at radius 2 is 1.33 bits per heavy atom. The Hall–Kier alpha value is -4.17. The molecule has 4 aromatic carbocycles. The third-order valence-electron chi connectivity index (χ3n) is 9.02. The van der Waals surface area contributed by atoms with Crippen molar-refractivity contribution in [3.05, 3.63) is 150 Å². The van der Waals surface area contributed by atoms with Crippen LogP contribution < -0.4 is 4.90 Å². The molecular formula is C37H35NO. The first-order chi connectivity index (χ1) is 19.0. The maximum atomic E-state index is 14.9. The van der Waals surface area contributed by atoms with Crippen LogP contribution in [0.3, 0.4) is 0 Å². The molecule has 0 saturated carbocycles. The molecule has 1 aliphatic heterocycles. The van der Waals surface area contributed by atoms with Gasteiger partial charge in [0.05, 0.1) is 11.5 Å². The van der Waals surface area contributed by atoms with Gasteiger partial charge in [0, 0.05) is 23.7 Å². The second-order valence-corrected chi connectivity index (χ2v) is 11.1. The van der Waals surface area contributed by atoms with Gasteiger partial charge < -0.3 is 4.90 Å². The number of allylic oxidation sites excluding steroid dienone is 2. The van der Waals surface area contributed by atoms with Crippen LogP contribution in [0.25, 0.3) is 11.1 Å². The van der Waals surface area contributed by atoms with Crippen LogP contribution in [0.1, 0.15) is 53.7 Å². The number of fused-ring (bicyclic) bond motifs is 1. The van der Waals surface area contributed by atoms with Crippen LogP contribution >= 0.6 is 0 Å². The lowest BCUT2D eigenvalue weighted by atomic mass is 9.55. The van der Waals surface area contributed by atoms with E-state index in [-0.39, 0.29) is 11.2 Å². The molecule has 0 bridgehead atoms. The fourth-order valence-corrected chi connectivity index (χ4v) is 7.26. The molecule has 0 aromatic heterocycles. The van der Waals surface area contributed by atoms with E-state index in [1.807, 2.05) is 36.4 Å². The molecule has 0 fully saturated rings. The quantitative estimate of drug-likeness (QED) is 0.243. The molecule has 2 heteroatoms. The van der Waals surface area contributed by atoms with E-state index in [0.717, 1.165) is 35.1 Å². The number of nitrogens with zero attached hydrogens (tertiary/aromatic N) is 1. The lowest BCUT2D eigenvalue weighted by Crippen LogP contribution is -2.62. The minimum atomic E-state index is -0.606. The Labute approximate surface area is 232 Å². The van der Waals surface area contributed by atoms with Crippen molar-refractivity contribution in [1.29, 1.82) is 0 Å². The first-order valence-electron chi connectivity index (χ1n) is 14.0. The molecule has 1 heterocycles. The smallest absolute Gasteiger partial charge is 0.173 e. The van der Waals surface area contributed by atoms with E-state index < -0.39 is 11.5 Å². The zero-order valence-corrected chi connectivity index (χ0v) is 23.0. The Morgan fingerprint density at radius 1 is 0.769 bits per heavy atom. The summed E-state index contributed by atoms with van der Waals surface area (Å²) in [6, 6.07) is 39.7. The topological polar surface area (TPSA) is 20.3 Å². The van der Waals surface area contributed by atoms with Crippen LogP contribution in [0.5, 0.6) is 0 Å². The zero-order chi connectivity index (χ0) is 27.0. The molecule has 0 radical (unpaired) electrons. The molecule has 2 nitrogen and oxygen atoms in total. The Morgan fingerprint density at radius 3 is 1.97 bits per heavy atom. The van der Waals surface area contributed by atoms with Crippen LogP contribution in [0.15, 0.2) is 127 Å². The van der Waals surface area contributed by atoms with Crippen LogP contribution in [0, 0.1) is 5.92 Å². The summed E-state index contributed by atoms with van der Waals surface area (Å²) in [7, 11) is 2.19. The van der Waals surface area contributed by atoms with Gasteiger partial charge in [-0.2, -0.15) is 0 Å². The maximum Gasteiger partial charge on any atom is 0.173 e. The van der Waals surface area contributed by atoms with E-state index in [2.05, 4.69) is 117 Å². The molecule has 2 aliphatic rings. The molecule has 1 spiro atoms. The number of hydrogen-bond acceptors (Lipinski definition) is 2. The number of carbonyl (C=O) groups is 1. The number of ketones is 1. The normalized spacial score (nSPS) is 23.8. The van der Waals surface area contributed by atoms with Gasteiger partial charge in [-0.1, -0.05) is 129 Å². The van der Waals surface area contributed by atoms with Crippen LogP contribution in [-0.4, -0.2) is 18.4 Å². The third-order valence-corrected chi connectivity index (χ3v) is 9.02. The van der Waals surface area contributed by atoms with Gasteiger partial charge in [-0.05, 0) is 52.5 Å². The summed E-state index contributed by atoms with van der Waals surface area (Å²) >= 11 is 0. The van der Waals surface area contributed by atoms with Gasteiger partial charge >= 0.3 is 0 Å². The van der Waals surface area contributed by atoms with E-state index in [1.165, 1.54) is 16.8 Å². The number of Topliss-reactive ketones (excluding diaryl/α,β-unsaturated/α-hetero) is 1. The standard InChI is InChI=1S/C37H35NO/c1-4-24-36(2)32-22-14-15-23-33(32)38(3)37(36)26-30(27-16-8-5-9-17-27)25-31(28-18-10-6-11-19-28)34(37)35(39)29-20-12-7-13-21-29/h5-23,25-26,34H,4,24H2,1-3H3/t34-,36-,37-/m0/s1. The average Bonchev–Trinajstić information content (AvgIpc) is 3.17. The van der Waals surface area contributed by atoms with Crippen LogP contribution in [0.4, 0.5) is 5.69 Å². The minimum absolute atomic E-state index is 0.163. The predicted octanol–water partition coefficient (Wildman–Crippen LogP) is 8.61. The van der Waals surface area contributed by atoms with Gasteiger partial charge in [0.15, 0.2) is 5.78 Å². The van der Waals surface area contributed by atoms with E-state index in [4.69, 9.17) is 0 Å². The molecular weight excluding hydrogens is 474 g/mol. The van der Waals surface area contributed by atoms with Crippen LogP contribution in [-0.2, 0) is 5.41 Å². The summed E-state index contributed by atoms with van der Waals surface area (Å²) in [6.45, 7) is 4.64. The fourth-order valence-electron chi connectivity index (χ4n) is 7.26. The van der Waals surface area contributed by atoms with Crippen molar-refractivity contribution >= 4 is 22.6 Å². The van der Waals surface area contributed by atoms with Crippen molar-refractivity contribution in [2.75, 3.05) is 11.9 Å². The molecule has 0 saturated heterocycles. The molecule has 3 atom stereocenters. The summed E-state index contributed by atoms with van der Waals surface area (Å²) in [5.41, 5.74) is 6.87. The van der Waals surface area contributed by atoms with Crippen molar-refractivity contribution in [3.8, 4) is 0 Å². The van der Waals surface area contributed by atoms with Crippen LogP contribution in [0.2, 0.25) is 0 Å². The highest BCUT2D eigenvalue weighted by Gasteiger charge is 2.63. The molecule has 194 valence electrons. The SMILES string of the molecule is CCC[C@@]1(C)c2ccccc2N(C)[C@]12C=C(c1ccccc1)C=C(c1ccccc1)[C@H]2C(=O)c1ccccc1. The Kier molecular flexibility index (Phi) is 6.35. The number of likely N-dealkylation sites (N-methyl/N-ethyl adjacent to an activating group) is 1. The number of hydrogen-bond donors (Lipinski definition) is 0. The molecule has 0 N–H and O–H groups in total. The first-order valence-corrected chi connectivity index (χ1v) is 14.0. The fraction of sp³-hybridized carbons (Fsp3) is 0.216. The summed E-state index contributed by atoms with van der Waals surface area (Å²) in [4.78, 5) is 17.3. The van der Waals surface area contributed by atoms with Gasteiger partial charge in [0.25, 0.3) is 0 Å². The van der Waals surface area contributed by atoms with Crippen molar-refractivity contribution in [2.24, 2.45) is 5.92 Å². The Balaban J connectivity index is 1.71. The van der Waals surface area contributed by atoms with Crippen molar-refractivity contribution in [3.63, 3.8) is 0 Å². The largest absolute Gasteiger partial charge is 0.363 e. The second-order valence-electron chi connectivity index (χ2n) is 11.1. The third kappa shape index (κ3) is 3.81. The van der Waals surface area contributed by atoms with E-state index in [1.54, 1.807) is 0 Å². The number of rotatable bonds is 6. The van der Waals surface area contributed by atoms with Gasteiger partial charge in [-0.15, -0.1) is 0 Å². The Bertz CT molecular complexity index is 1550. The lowest BCUT2D eigenvalue weighted by molar-refractivity contribution is 0.0874. The van der Waals surface area contributed by atoms with E-state index >= 15 is 0 Å². The minimum Gasteiger partial charge on any atom is -0.363 e. The molecule has 4 aromatic rings. The maximum absolute atomic E-state index is 14.9. The predicted molar refractivity (Wildman–Crippen MR) is 163 cm³/mol. The van der Waals surface area contributed by atoms with Gasteiger partial charge in [0.2, 0.25) is 0 Å². The highest BCUT2D eigenvalue weighted by Crippen LogP contribution is 2.62. The van der Waals surface area contributed by atoms with Crippen molar-refractivity contribution in [2.45, 2.75) is 37.6 Å². The van der Waals surface area contributed by atoms with E-state index in [0.29, 0.717) is 0 Å². The number of para-hydroxylation sites is 1. The number of anilines is 1. The van der Waals surface area contributed by atoms with Gasteiger partial charge in [0.1, 0.15) is 0 Å². The van der Waals surface area contributed by atoms with Gasteiger partial charge in [-0.25, -0.2) is 0 Å². The molecule has 0 unspecified atom stereocenters. The highest BCUT2D eigenvalue weighted by molar-refractivity contribution is 6.10. The molecule has 1 aliphatic carbocycles. The zero-order valence-electron chi connectivity index (χ0n) is 23.0. The lowest BCUT2D eigenvalue weighted by Gasteiger charge is -2.53. The number of carbonyl (C=O) groups excluding carboxylic acids is 1. The van der Waals surface area contributed by atoms with Crippen molar-refractivity contribution < 1.29 is 4.79 Å². The first kappa shape index (κ1) is 25.1. The summed E-state index contributed by atoms with van der Waals surface area (Å²) in [5.74, 6) is -0.236. The molecule has 39 heavy (non-hydrogen) atoms. The summed E-state index contributed by atoms with van der Waals surface area (Å²) in [5, 5.41) is 0. The average molecular weight is 510 g/mol. The number of benzene rings is 4. The van der Waals surface area contributed by atoms with Crippen molar-refractivity contribution in [1.82, 2.24) is 0 Å². The second kappa shape index (κ2) is 9.85.